The summed E-state index contributed by atoms with van der Waals surface area (Å²) < 4.78 is 0. The summed E-state index contributed by atoms with van der Waals surface area (Å²) in [6, 6.07) is 0. The van der Waals surface area contributed by atoms with Crippen LogP contribution in [0, 0.1) is 13.8 Å². The minimum atomic E-state index is -0.0219. The van der Waals surface area contributed by atoms with E-state index in [0.717, 1.165) is 35.8 Å². The van der Waals surface area contributed by atoms with E-state index < -0.39 is 0 Å². The van der Waals surface area contributed by atoms with Crippen molar-refractivity contribution in [1.29, 1.82) is 0 Å². The first-order valence-electron chi connectivity index (χ1n) is 7.80. The molecule has 0 saturated heterocycles. The van der Waals surface area contributed by atoms with Crippen LogP contribution in [0.5, 0.6) is 0 Å². The molecule has 7 nitrogen and oxygen atoms in total. The molecule has 0 radical (unpaired) electrons. The van der Waals surface area contributed by atoms with Gasteiger partial charge in [0.15, 0.2) is 0 Å². The molecule has 2 rings (SSSR count). The maximum Gasteiger partial charge on any atom is 0.227 e. The highest BCUT2D eigenvalue weighted by atomic mass is 32.1. The molecule has 2 aromatic rings. The Kier molecular flexibility index (Phi) is 6.23. The summed E-state index contributed by atoms with van der Waals surface area (Å²) in [5, 5.41) is 19.5. The zero-order chi connectivity index (χ0) is 16.8. The molecule has 2 N–H and O–H groups in total. The minimum absolute atomic E-state index is 0.0219. The van der Waals surface area contributed by atoms with Crippen LogP contribution < -0.4 is 5.32 Å². The summed E-state index contributed by atoms with van der Waals surface area (Å²) in [7, 11) is 2.03. The maximum atomic E-state index is 11.9. The Morgan fingerprint density at radius 2 is 2.09 bits per heavy atom. The van der Waals surface area contributed by atoms with Crippen molar-refractivity contribution in [2.75, 3.05) is 25.5 Å². The highest BCUT2D eigenvalue weighted by Gasteiger charge is 2.10. The van der Waals surface area contributed by atoms with Crippen LogP contribution in [0.4, 0.5) is 5.13 Å². The lowest BCUT2D eigenvalue weighted by Gasteiger charge is -2.16. The first kappa shape index (κ1) is 17.6. The SMILES string of the molecule is CCc1nnc(NC(=O)CCN(C)CCc2c(C)n[nH]c2C)s1. The molecule has 0 aliphatic heterocycles. The summed E-state index contributed by atoms with van der Waals surface area (Å²) in [5.41, 5.74) is 3.44. The van der Waals surface area contributed by atoms with E-state index in [4.69, 9.17) is 0 Å². The quantitative estimate of drug-likeness (QED) is 0.769. The monoisotopic (exact) mass is 336 g/mol. The van der Waals surface area contributed by atoms with Crippen LogP contribution in [-0.4, -0.2) is 51.3 Å². The van der Waals surface area contributed by atoms with E-state index in [9.17, 15) is 4.79 Å². The van der Waals surface area contributed by atoms with Crippen molar-refractivity contribution in [3.63, 3.8) is 0 Å². The molecule has 0 aromatic carbocycles. The van der Waals surface area contributed by atoms with Gasteiger partial charge in [-0.1, -0.05) is 18.3 Å². The van der Waals surface area contributed by atoms with E-state index in [1.807, 2.05) is 27.8 Å². The number of aromatic nitrogens is 4. The molecule has 2 heterocycles. The Hall–Kier alpha value is -1.80. The van der Waals surface area contributed by atoms with E-state index in [2.05, 4.69) is 30.6 Å². The molecule has 2 aromatic heterocycles. The first-order chi connectivity index (χ1) is 11.0. The molecule has 1 amide bonds. The summed E-state index contributed by atoms with van der Waals surface area (Å²) in [4.78, 5) is 14.1. The van der Waals surface area contributed by atoms with Gasteiger partial charge in [0.1, 0.15) is 5.01 Å². The van der Waals surface area contributed by atoms with Crippen LogP contribution in [0.25, 0.3) is 0 Å². The molecule has 126 valence electrons. The lowest BCUT2D eigenvalue weighted by molar-refractivity contribution is -0.116. The Balaban J connectivity index is 1.71. The fourth-order valence-electron chi connectivity index (χ4n) is 2.28. The molecule has 23 heavy (non-hydrogen) atoms. The molecule has 0 aliphatic carbocycles. The molecule has 0 bridgehead atoms. The van der Waals surface area contributed by atoms with Gasteiger partial charge in [0, 0.05) is 25.2 Å². The molecule has 0 aliphatic rings. The van der Waals surface area contributed by atoms with Crippen molar-refractivity contribution in [2.24, 2.45) is 0 Å². The Labute approximate surface area is 140 Å². The molecule has 0 unspecified atom stereocenters. The van der Waals surface area contributed by atoms with Gasteiger partial charge in [0.2, 0.25) is 11.0 Å². The molecule has 0 spiro atoms. The van der Waals surface area contributed by atoms with Gasteiger partial charge < -0.3 is 10.2 Å². The van der Waals surface area contributed by atoms with Crippen LogP contribution >= 0.6 is 11.3 Å². The van der Waals surface area contributed by atoms with Crippen LogP contribution in [0.2, 0.25) is 0 Å². The Morgan fingerprint density at radius 1 is 1.30 bits per heavy atom. The van der Waals surface area contributed by atoms with Crippen molar-refractivity contribution >= 4 is 22.4 Å². The Bertz CT molecular complexity index is 631. The van der Waals surface area contributed by atoms with E-state index in [1.54, 1.807) is 0 Å². The second-order valence-corrected chi connectivity index (χ2v) is 6.68. The van der Waals surface area contributed by atoms with E-state index >= 15 is 0 Å². The number of nitrogens with zero attached hydrogens (tertiary/aromatic N) is 4. The lowest BCUT2D eigenvalue weighted by Crippen LogP contribution is -2.26. The minimum Gasteiger partial charge on any atom is -0.306 e. The number of nitrogens with one attached hydrogen (secondary N) is 2. The summed E-state index contributed by atoms with van der Waals surface area (Å²) in [5.74, 6) is -0.0219. The molecule has 0 fully saturated rings. The topological polar surface area (TPSA) is 86.8 Å². The van der Waals surface area contributed by atoms with Gasteiger partial charge in [-0.25, -0.2) is 0 Å². The van der Waals surface area contributed by atoms with E-state index in [0.29, 0.717) is 18.1 Å². The molecule has 0 saturated carbocycles. The van der Waals surface area contributed by atoms with Crippen molar-refractivity contribution in [3.05, 3.63) is 22.0 Å². The number of aryl methyl sites for hydroxylation is 3. The second-order valence-electron chi connectivity index (χ2n) is 5.62. The number of carbonyl (C=O) groups excluding carboxylic acids is 1. The van der Waals surface area contributed by atoms with Gasteiger partial charge in [-0.2, -0.15) is 5.10 Å². The van der Waals surface area contributed by atoms with Crippen molar-refractivity contribution in [2.45, 2.75) is 40.0 Å². The van der Waals surface area contributed by atoms with Crippen molar-refractivity contribution in [3.8, 4) is 0 Å². The average molecular weight is 336 g/mol. The average Bonchev–Trinajstić information content (AvgIpc) is 3.10. The lowest BCUT2D eigenvalue weighted by atomic mass is 10.1. The molecule has 8 heteroatoms. The van der Waals surface area contributed by atoms with Gasteiger partial charge in [-0.3, -0.25) is 9.89 Å². The number of carbonyl (C=O) groups is 1. The zero-order valence-corrected chi connectivity index (χ0v) is 15.0. The van der Waals surface area contributed by atoms with E-state index in [1.165, 1.54) is 16.9 Å². The normalized spacial score (nSPS) is 11.2. The van der Waals surface area contributed by atoms with Gasteiger partial charge in [-0.15, -0.1) is 10.2 Å². The zero-order valence-electron chi connectivity index (χ0n) is 14.1. The summed E-state index contributed by atoms with van der Waals surface area (Å²) in [6.07, 6.45) is 2.21. The highest BCUT2D eigenvalue weighted by molar-refractivity contribution is 7.15. The van der Waals surface area contributed by atoms with Crippen LogP contribution in [0.1, 0.15) is 35.3 Å². The molecular weight excluding hydrogens is 312 g/mol. The number of likely N-dealkylation sites (N-methyl/N-ethyl adjacent to an activating group) is 1. The fraction of sp³-hybridized carbons (Fsp3) is 0.600. The number of H-pyrrole nitrogens is 1. The predicted molar refractivity (Wildman–Crippen MR) is 91.8 cm³/mol. The van der Waals surface area contributed by atoms with Crippen LogP contribution in [-0.2, 0) is 17.6 Å². The van der Waals surface area contributed by atoms with Crippen LogP contribution in [0.15, 0.2) is 0 Å². The Morgan fingerprint density at radius 3 is 2.70 bits per heavy atom. The number of hydrogen-bond acceptors (Lipinski definition) is 6. The summed E-state index contributed by atoms with van der Waals surface area (Å²) >= 11 is 1.43. The maximum absolute atomic E-state index is 11.9. The third-order valence-electron chi connectivity index (χ3n) is 3.76. The fourth-order valence-corrected chi connectivity index (χ4v) is 2.97. The van der Waals surface area contributed by atoms with E-state index in [-0.39, 0.29) is 5.91 Å². The van der Waals surface area contributed by atoms with Crippen LogP contribution in [0.3, 0.4) is 0 Å². The number of anilines is 1. The molecule has 0 atom stereocenters. The standard InChI is InChI=1S/C15H24N6OS/c1-5-14-19-20-15(23-14)16-13(22)7-9-21(4)8-6-12-10(2)17-18-11(12)3/h5-9H2,1-4H3,(H,17,18)(H,16,20,22). The number of rotatable bonds is 8. The van der Waals surface area contributed by atoms with Gasteiger partial charge in [-0.05, 0) is 39.3 Å². The van der Waals surface area contributed by atoms with Gasteiger partial charge in [0.25, 0.3) is 0 Å². The van der Waals surface area contributed by atoms with Crippen molar-refractivity contribution in [1.82, 2.24) is 25.3 Å². The number of amides is 1. The first-order valence-corrected chi connectivity index (χ1v) is 8.62. The van der Waals surface area contributed by atoms with Gasteiger partial charge >= 0.3 is 0 Å². The smallest absolute Gasteiger partial charge is 0.227 e. The highest BCUT2D eigenvalue weighted by Crippen LogP contribution is 2.15. The third kappa shape index (κ3) is 5.11. The number of aromatic amines is 1. The number of hydrogen-bond donors (Lipinski definition) is 2. The third-order valence-corrected chi connectivity index (χ3v) is 4.74. The van der Waals surface area contributed by atoms with Gasteiger partial charge in [0.05, 0.1) is 5.69 Å². The predicted octanol–water partition coefficient (Wildman–Crippen LogP) is 1.94. The largest absolute Gasteiger partial charge is 0.306 e. The second kappa shape index (κ2) is 8.16. The summed E-state index contributed by atoms with van der Waals surface area (Å²) in [6.45, 7) is 7.67. The van der Waals surface area contributed by atoms with Crippen molar-refractivity contribution < 1.29 is 4.79 Å². The molecular formula is C15H24N6OS.